The van der Waals surface area contributed by atoms with Crippen LogP contribution in [-0.4, -0.2) is 42.0 Å². The highest BCUT2D eigenvalue weighted by Gasteiger charge is 2.25. The number of methoxy groups -OCH3 is 1. The summed E-state index contributed by atoms with van der Waals surface area (Å²) in [4.78, 5) is 29.9. The zero-order valence-electron chi connectivity index (χ0n) is 11.4. The van der Waals surface area contributed by atoms with E-state index in [1.54, 1.807) is 4.90 Å². The van der Waals surface area contributed by atoms with Crippen molar-refractivity contribution in [2.45, 2.75) is 6.42 Å². The molecule has 1 amide bonds. The fraction of sp³-hybridized carbons (Fsp3) is 0.267. The maximum absolute atomic E-state index is 13.4. The van der Waals surface area contributed by atoms with Crippen LogP contribution >= 0.6 is 0 Å². The Bertz CT molecular complexity index is 741. The number of rotatable bonds is 2. The van der Waals surface area contributed by atoms with Crippen LogP contribution < -0.4 is 0 Å². The number of benzene rings is 1. The molecule has 1 saturated heterocycles. The Hall–Kier alpha value is -2.50. The van der Waals surface area contributed by atoms with Crippen molar-refractivity contribution in [2.75, 3.05) is 20.2 Å². The largest absolute Gasteiger partial charge is 0.465 e. The Morgan fingerprint density at radius 2 is 2.05 bits per heavy atom. The van der Waals surface area contributed by atoms with Crippen molar-refractivity contribution in [3.63, 3.8) is 0 Å². The molecular weight excluding hydrogens is 275 g/mol. The first kappa shape index (κ1) is 13.5. The fourth-order valence-electron chi connectivity index (χ4n) is 2.27. The van der Waals surface area contributed by atoms with Crippen LogP contribution in [0.15, 0.2) is 24.3 Å². The molecule has 5 nitrogen and oxygen atoms in total. The molecule has 0 bridgehead atoms. The first-order chi connectivity index (χ1) is 10.1. The Morgan fingerprint density at radius 3 is 2.67 bits per heavy atom. The third-order valence-electron chi connectivity index (χ3n) is 3.54. The number of likely N-dealkylation sites (tertiary alicyclic amines) is 1. The summed E-state index contributed by atoms with van der Waals surface area (Å²) in [6, 6.07) is 5.32. The summed E-state index contributed by atoms with van der Waals surface area (Å²) in [6.07, 6.45) is 0.956. The monoisotopic (exact) mass is 288 g/mol. The lowest BCUT2D eigenvalue weighted by atomic mass is 10.1. The van der Waals surface area contributed by atoms with E-state index in [1.165, 1.54) is 31.4 Å². The van der Waals surface area contributed by atoms with E-state index in [0.29, 0.717) is 18.5 Å². The van der Waals surface area contributed by atoms with Crippen LogP contribution in [0, 0.1) is 5.82 Å². The van der Waals surface area contributed by atoms with Crippen LogP contribution in [0.25, 0.3) is 10.9 Å². The first-order valence-electron chi connectivity index (χ1n) is 6.58. The molecule has 6 heteroatoms. The molecule has 0 N–H and O–H groups in total. The fourth-order valence-corrected chi connectivity index (χ4v) is 2.27. The van der Waals surface area contributed by atoms with Crippen molar-refractivity contribution >= 4 is 22.8 Å². The Labute approximate surface area is 120 Å². The number of fused-ring (bicyclic) bond motifs is 1. The molecule has 108 valence electrons. The van der Waals surface area contributed by atoms with E-state index in [9.17, 15) is 14.0 Å². The summed E-state index contributed by atoms with van der Waals surface area (Å²) in [5, 5.41) is 0.461. The van der Waals surface area contributed by atoms with Gasteiger partial charge in [0.05, 0.1) is 18.2 Å². The van der Waals surface area contributed by atoms with Crippen molar-refractivity contribution in [2.24, 2.45) is 0 Å². The molecule has 0 aliphatic carbocycles. The van der Waals surface area contributed by atoms with Crippen LogP contribution in [0.4, 0.5) is 4.39 Å². The Kier molecular flexibility index (Phi) is 3.29. The van der Waals surface area contributed by atoms with Gasteiger partial charge in [-0.25, -0.2) is 14.2 Å². The standard InChI is InChI=1S/C15H13FN2O3/c1-21-15(20)11-8-13(14(19)18-5-2-6-18)17-12-7-9(16)3-4-10(11)12/h3-4,7-8H,2,5-6H2,1H3. The molecule has 3 rings (SSSR count). The predicted octanol–water partition coefficient (Wildman–Crippen LogP) is 2.01. The van der Waals surface area contributed by atoms with E-state index < -0.39 is 11.8 Å². The number of nitrogens with zero attached hydrogens (tertiary/aromatic N) is 2. The molecule has 1 aliphatic rings. The number of hydrogen-bond donors (Lipinski definition) is 0. The summed E-state index contributed by atoms with van der Waals surface area (Å²) >= 11 is 0. The maximum atomic E-state index is 13.4. The van der Waals surface area contributed by atoms with Gasteiger partial charge < -0.3 is 9.64 Å². The number of ether oxygens (including phenoxy) is 1. The van der Waals surface area contributed by atoms with E-state index in [4.69, 9.17) is 4.74 Å². The SMILES string of the molecule is COC(=O)c1cc(C(=O)N2CCC2)nc2cc(F)ccc12. The Balaban J connectivity index is 2.17. The smallest absolute Gasteiger partial charge is 0.338 e. The molecule has 2 heterocycles. The molecule has 1 fully saturated rings. The van der Waals surface area contributed by atoms with E-state index in [0.717, 1.165) is 6.42 Å². The molecule has 0 radical (unpaired) electrons. The number of esters is 1. The highest BCUT2D eigenvalue weighted by molar-refractivity contribution is 6.06. The van der Waals surface area contributed by atoms with Crippen LogP contribution in [0.1, 0.15) is 27.3 Å². The minimum Gasteiger partial charge on any atom is -0.465 e. The second-order valence-corrected chi connectivity index (χ2v) is 4.85. The van der Waals surface area contributed by atoms with Gasteiger partial charge in [0.1, 0.15) is 11.5 Å². The topological polar surface area (TPSA) is 59.5 Å². The van der Waals surface area contributed by atoms with Crippen LogP contribution in [0.3, 0.4) is 0 Å². The average Bonchev–Trinajstić information content (AvgIpc) is 2.42. The molecule has 0 unspecified atom stereocenters. The van der Waals surface area contributed by atoms with Crippen molar-refractivity contribution in [3.05, 3.63) is 41.3 Å². The van der Waals surface area contributed by atoms with Gasteiger partial charge in [-0.2, -0.15) is 0 Å². The minimum absolute atomic E-state index is 0.133. The first-order valence-corrected chi connectivity index (χ1v) is 6.58. The van der Waals surface area contributed by atoms with Crippen molar-refractivity contribution < 1.29 is 18.7 Å². The predicted molar refractivity (Wildman–Crippen MR) is 73.6 cm³/mol. The zero-order chi connectivity index (χ0) is 15.0. The molecule has 21 heavy (non-hydrogen) atoms. The maximum Gasteiger partial charge on any atom is 0.338 e. The van der Waals surface area contributed by atoms with Crippen molar-refractivity contribution in [3.8, 4) is 0 Å². The van der Waals surface area contributed by atoms with E-state index in [-0.39, 0.29) is 22.7 Å². The summed E-state index contributed by atoms with van der Waals surface area (Å²) in [6.45, 7) is 1.35. The second-order valence-electron chi connectivity index (χ2n) is 4.85. The summed E-state index contributed by atoms with van der Waals surface area (Å²) < 4.78 is 18.1. The highest BCUT2D eigenvalue weighted by atomic mass is 19.1. The van der Waals surface area contributed by atoms with Gasteiger partial charge in [-0.1, -0.05) is 0 Å². The zero-order valence-corrected chi connectivity index (χ0v) is 11.4. The number of pyridine rings is 1. The normalized spacial score (nSPS) is 13.9. The van der Waals surface area contributed by atoms with Crippen molar-refractivity contribution in [1.29, 1.82) is 0 Å². The molecule has 0 saturated carbocycles. The average molecular weight is 288 g/mol. The number of carbonyl (C=O) groups is 2. The van der Waals surface area contributed by atoms with E-state index in [2.05, 4.69) is 4.98 Å². The molecule has 1 aromatic heterocycles. The van der Waals surface area contributed by atoms with Gasteiger partial charge in [0.15, 0.2) is 0 Å². The lowest BCUT2D eigenvalue weighted by Gasteiger charge is -2.30. The van der Waals surface area contributed by atoms with Crippen molar-refractivity contribution in [1.82, 2.24) is 9.88 Å². The van der Waals surface area contributed by atoms with E-state index >= 15 is 0 Å². The van der Waals surface area contributed by atoms with Gasteiger partial charge in [0, 0.05) is 24.5 Å². The highest BCUT2D eigenvalue weighted by Crippen LogP contribution is 2.22. The number of hydrogen-bond acceptors (Lipinski definition) is 4. The minimum atomic E-state index is -0.577. The molecule has 1 aliphatic heterocycles. The second kappa shape index (κ2) is 5.12. The van der Waals surface area contributed by atoms with Crippen LogP contribution in [0.5, 0.6) is 0 Å². The number of halogens is 1. The number of carbonyl (C=O) groups excluding carboxylic acids is 2. The molecule has 0 atom stereocenters. The van der Waals surface area contributed by atoms with Crippen LogP contribution in [0.2, 0.25) is 0 Å². The van der Waals surface area contributed by atoms with Crippen LogP contribution in [-0.2, 0) is 4.74 Å². The quantitative estimate of drug-likeness (QED) is 0.793. The molecular formula is C15H13FN2O3. The molecule has 1 aromatic carbocycles. The lowest BCUT2D eigenvalue weighted by Crippen LogP contribution is -2.42. The summed E-state index contributed by atoms with van der Waals surface area (Å²) in [5.74, 6) is -1.30. The van der Waals surface area contributed by atoms with Gasteiger partial charge in [0.25, 0.3) is 5.91 Å². The van der Waals surface area contributed by atoms with Gasteiger partial charge in [0.2, 0.25) is 0 Å². The molecule has 2 aromatic rings. The van der Waals surface area contributed by atoms with Gasteiger partial charge in [-0.3, -0.25) is 4.79 Å². The van der Waals surface area contributed by atoms with Gasteiger partial charge >= 0.3 is 5.97 Å². The lowest BCUT2D eigenvalue weighted by molar-refractivity contribution is 0.0602. The number of amides is 1. The van der Waals surface area contributed by atoms with E-state index in [1.807, 2.05) is 0 Å². The summed E-state index contributed by atoms with van der Waals surface area (Å²) in [7, 11) is 1.26. The Morgan fingerprint density at radius 1 is 1.29 bits per heavy atom. The third-order valence-corrected chi connectivity index (χ3v) is 3.54. The number of aromatic nitrogens is 1. The summed E-state index contributed by atoms with van der Waals surface area (Å²) in [5.41, 5.74) is 0.612. The molecule has 0 spiro atoms. The van der Waals surface area contributed by atoms with Gasteiger partial charge in [-0.15, -0.1) is 0 Å². The third kappa shape index (κ3) is 2.33. The van der Waals surface area contributed by atoms with Gasteiger partial charge in [-0.05, 0) is 24.6 Å².